The number of aryl methyl sites for hydroxylation is 1. The highest BCUT2D eigenvalue weighted by molar-refractivity contribution is 5.98. The van der Waals surface area contributed by atoms with Crippen LogP contribution in [0.5, 0.6) is 11.5 Å². The number of ether oxygens (including phenoxy) is 10. The number of aliphatic hydroxyl groups is 1. The number of hydrogen-bond donors (Lipinski definition) is 5. The molecule has 5 N–H and O–H groups in total. The van der Waals surface area contributed by atoms with Crippen molar-refractivity contribution in [1.29, 1.82) is 0 Å². The first kappa shape index (κ1) is 67.1. The number of nitro groups is 2. The maximum Gasteiger partial charge on any atom is 0.299 e. The Kier molecular flexibility index (Phi) is 26.9. The third-order valence-corrected chi connectivity index (χ3v) is 16.1. The summed E-state index contributed by atoms with van der Waals surface area (Å²) in [7, 11) is 0. The topological polar surface area (TPSA) is 291 Å². The number of rotatable bonds is 40. The first-order valence-electron chi connectivity index (χ1n) is 30.5. The van der Waals surface area contributed by atoms with Gasteiger partial charge in [0.05, 0.1) is 141 Å². The number of aromatic nitrogens is 1. The van der Waals surface area contributed by atoms with Gasteiger partial charge in [0.1, 0.15) is 22.9 Å². The molecular formula is C63H86N8O17. The highest BCUT2D eigenvalue weighted by Crippen LogP contribution is 2.47. The van der Waals surface area contributed by atoms with Gasteiger partial charge in [-0.1, -0.05) is 19.1 Å². The monoisotopic (exact) mass is 1230 g/mol. The summed E-state index contributed by atoms with van der Waals surface area (Å²) in [5.74, 6) is 1.51. The van der Waals surface area contributed by atoms with Gasteiger partial charge in [0.15, 0.2) is 0 Å². The number of nitrogens with zero attached hydrogens (tertiary/aromatic N) is 4. The van der Waals surface area contributed by atoms with Crippen molar-refractivity contribution >= 4 is 45.5 Å². The molecule has 480 valence electrons. The molecule has 1 unspecified atom stereocenters. The molecule has 25 nitrogen and oxygen atoms in total. The standard InChI is InChI=1S/C63H86N8O17/c1-46-3-11-54-57(39-46)66-45-63(54)15-20-68(43-47(63)2)44-60(72)48-13-18-69(19-14-48)62(74)58-40-50-6-10-53(42-56(50)67-58)88-52-8-4-49(5-9-52)61(73)65-17-22-80-24-26-82-28-30-84-32-34-86-36-38-87-37-35-85-33-31-83-29-27-81-25-23-79-21-16-64-55-12-7-51(70(75)76)41-59(55)71(77)78/h3-12,39-42,47-48,60,64,66-67,72H,13-38,43-45H2,1-2H3,(H,65,73)/t47-,60?,63+/m1/s1. The van der Waals surface area contributed by atoms with E-state index in [0.717, 1.165) is 55.9 Å². The first-order valence-corrected chi connectivity index (χ1v) is 30.5. The van der Waals surface area contributed by atoms with Gasteiger partial charge in [-0.2, -0.15) is 0 Å². The van der Waals surface area contributed by atoms with Gasteiger partial charge in [-0.15, -0.1) is 0 Å². The maximum absolute atomic E-state index is 13.7. The Labute approximate surface area is 513 Å². The number of nitro benzene ring substituents is 2. The number of aliphatic hydroxyl groups excluding tert-OH is 1. The number of anilines is 2. The van der Waals surface area contributed by atoms with Crippen LogP contribution in [0.3, 0.4) is 0 Å². The molecule has 4 heterocycles. The van der Waals surface area contributed by atoms with Crippen molar-refractivity contribution in [1.82, 2.24) is 20.1 Å². The molecule has 0 aliphatic carbocycles. The van der Waals surface area contributed by atoms with E-state index >= 15 is 0 Å². The summed E-state index contributed by atoms with van der Waals surface area (Å²) in [5.41, 5.74) is 5.39. The van der Waals surface area contributed by atoms with Gasteiger partial charge in [-0.05, 0) is 110 Å². The number of β-amino-alcohol motifs (C(OH)–C–C–N with tert-alkyl or cyclic N) is 1. The zero-order valence-corrected chi connectivity index (χ0v) is 50.6. The highest BCUT2D eigenvalue weighted by Gasteiger charge is 2.46. The molecular weight excluding hydrogens is 1140 g/mol. The van der Waals surface area contributed by atoms with Crippen LogP contribution < -0.4 is 20.7 Å². The molecule has 25 heteroatoms. The molecule has 2 saturated heterocycles. The Balaban J connectivity index is 0.560. The van der Waals surface area contributed by atoms with Crippen LogP contribution in [0.25, 0.3) is 10.9 Å². The Hall–Kier alpha value is -6.88. The average Bonchev–Trinajstić information content (AvgIpc) is 1.70. The molecule has 2 amide bonds. The zero-order valence-electron chi connectivity index (χ0n) is 50.6. The lowest BCUT2D eigenvalue weighted by Gasteiger charge is -2.46. The van der Waals surface area contributed by atoms with E-state index < -0.39 is 16.0 Å². The van der Waals surface area contributed by atoms with Crippen LogP contribution in [-0.4, -0.2) is 219 Å². The van der Waals surface area contributed by atoms with Crippen LogP contribution in [0.15, 0.2) is 84.9 Å². The number of carbonyl (C=O) groups is 2. The van der Waals surface area contributed by atoms with Crippen LogP contribution in [-0.2, 0) is 48.0 Å². The minimum Gasteiger partial charge on any atom is -0.457 e. The second-order valence-corrected chi connectivity index (χ2v) is 22.1. The zero-order chi connectivity index (χ0) is 61.9. The second kappa shape index (κ2) is 35.3. The number of amides is 2. The summed E-state index contributed by atoms with van der Waals surface area (Å²) < 4.78 is 55.8. The molecule has 0 saturated carbocycles. The Morgan fingerprint density at radius 1 is 0.670 bits per heavy atom. The van der Waals surface area contributed by atoms with Gasteiger partial charge in [-0.3, -0.25) is 29.8 Å². The summed E-state index contributed by atoms with van der Waals surface area (Å²) in [6, 6.07) is 24.6. The van der Waals surface area contributed by atoms with Crippen LogP contribution in [0.1, 0.15) is 58.2 Å². The van der Waals surface area contributed by atoms with Crippen LogP contribution in [0.4, 0.5) is 22.7 Å². The fourth-order valence-corrected chi connectivity index (χ4v) is 11.2. The van der Waals surface area contributed by atoms with E-state index in [2.05, 4.69) is 57.9 Å². The molecule has 3 aliphatic heterocycles. The molecule has 1 spiro atoms. The molecule has 8 rings (SSSR count). The fraction of sp³-hybridized carbons (Fsp3) is 0.556. The quantitative estimate of drug-likeness (QED) is 0.0150. The van der Waals surface area contributed by atoms with Crippen LogP contribution in [0, 0.1) is 39.0 Å². The maximum atomic E-state index is 13.7. The third kappa shape index (κ3) is 20.3. The molecule has 1 aromatic heterocycles. The van der Waals surface area contributed by atoms with Crippen molar-refractivity contribution in [3.05, 3.63) is 128 Å². The van der Waals surface area contributed by atoms with E-state index in [1.165, 1.54) is 28.9 Å². The lowest BCUT2D eigenvalue weighted by atomic mass is 9.67. The number of fused-ring (bicyclic) bond motifs is 3. The van der Waals surface area contributed by atoms with Crippen molar-refractivity contribution in [2.45, 2.75) is 44.6 Å². The number of aromatic amines is 1. The van der Waals surface area contributed by atoms with Gasteiger partial charge in [0, 0.05) is 85.5 Å². The van der Waals surface area contributed by atoms with E-state index in [1.807, 2.05) is 29.2 Å². The normalized spacial score (nSPS) is 17.3. The Bertz CT molecular complexity index is 2980. The molecule has 4 aromatic carbocycles. The smallest absolute Gasteiger partial charge is 0.299 e. The molecule has 0 bridgehead atoms. The van der Waals surface area contributed by atoms with Crippen LogP contribution >= 0.6 is 0 Å². The van der Waals surface area contributed by atoms with Gasteiger partial charge in [0.25, 0.3) is 23.2 Å². The molecule has 0 radical (unpaired) electrons. The lowest BCUT2D eigenvalue weighted by molar-refractivity contribution is -0.393. The van der Waals surface area contributed by atoms with E-state index in [9.17, 15) is 34.9 Å². The SMILES string of the molecule is Cc1ccc2c(c1)NC[C@]21CCN(CC(O)C2CCN(C(=O)c3cc4ccc(Oc5ccc(C(=O)NCCOCCOCCOCCOCCOCCOCCOCCOCCOCCNc6ccc([N+](=O)[O-])cc6[N+](=O)[O-])cc5)cc4[nH]3)CC2)C[C@H]1C. The van der Waals surface area contributed by atoms with Crippen molar-refractivity contribution in [3.63, 3.8) is 0 Å². The number of piperidine rings is 2. The Morgan fingerprint density at radius 2 is 1.24 bits per heavy atom. The van der Waals surface area contributed by atoms with Gasteiger partial charge >= 0.3 is 0 Å². The largest absolute Gasteiger partial charge is 0.457 e. The fourth-order valence-electron chi connectivity index (χ4n) is 11.2. The molecule has 5 aromatic rings. The summed E-state index contributed by atoms with van der Waals surface area (Å²) >= 11 is 0. The van der Waals surface area contributed by atoms with E-state index in [-0.39, 0.29) is 53.4 Å². The number of non-ortho nitro benzene ring substituents is 1. The predicted molar refractivity (Wildman–Crippen MR) is 329 cm³/mol. The number of H-pyrrole nitrogens is 1. The molecule has 3 aliphatic rings. The van der Waals surface area contributed by atoms with E-state index in [1.54, 1.807) is 24.3 Å². The van der Waals surface area contributed by atoms with Crippen molar-refractivity contribution in [3.8, 4) is 11.5 Å². The van der Waals surface area contributed by atoms with Crippen molar-refractivity contribution in [2.24, 2.45) is 11.8 Å². The van der Waals surface area contributed by atoms with Gasteiger partial charge < -0.3 is 83.2 Å². The Morgan fingerprint density at radius 3 is 1.81 bits per heavy atom. The van der Waals surface area contributed by atoms with Crippen molar-refractivity contribution in [2.75, 3.05) is 182 Å². The van der Waals surface area contributed by atoms with Gasteiger partial charge in [0.2, 0.25) is 0 Å². The lowest BCUT2D eigenvalue weighted by Crippen LogP contribution is -2.52. The summed E-state index contributed by atoms with van der Waals surface area (Å²) in [5, 5.41) is 43.8. The number of nitrogens with one attached hydrogen (secondary N) is 4. The number of carbonyl (C=O) groups excluding carboxylic acids is 2. The van der Waals surface area contributed by atoms with E-state index in [4.69, 9.17) is 47.4 Å². The second-order valence-electron chi connectivity index (χ2n) is 22.1. The number of benzene rings is 4. The number of likely N-dealkylation sites (tertiary alicyclic amines) is 2. The minimum absolute atomic E-state index is 0.0466. The van der Waals surface area contributed by atoms with Gasteiger partial charge in [-0.25, -0.2) is 0 Å². The van der Waals surface area contributed by atoms with E-state index in [0.29, 0.717) is 167 Å². The summed E-state index contributed by atoms with van der Waals surface area (Å²) in [4.78, 5) is 54.9. The molecule has 88 heavy (non-hydrogen) atoms. The predicted octanol–water partition coefficient (Wildman–Crippen LogP) is 6.99. The number of hydrogen-bond acceptors (Lipinski definition) is 20. The molecule has 2 fully saturated rings. The third-order valence-electron chi connectivity index (χ3n) is 16.1. The highest BCUT2D eigenvalue weighted by atomic mass is 16.6. The first-order chi connectivity index (χ1) is 42.9. The average molecular weight is 1230 g/mol. The summed E-state index contributed by atoms with van der Waals surface area (Å²) in [6.45, 7) is 17.0. The molecule has 3 atom stereocenters. The van der Waals surface area contributed by atoms with Crippen LogP contribution in [0.2, 0.25) is 0 Å². The summed E-state index contributed by atoms with van der Waals surface area (Å²) in [6.07, 6.45) is 2.19. The van der Waals surface area contributed by atoms with Crippen molar-refractivity contribution < 1.29 is 71.9 Å². The minimum atomic E-state index is -0.684.